The lowest BCUT2D eigenvalue weighted by Gasteiger charge is -2.16. The first-order chi connectivity index (χ1) is 6.51. The van der Waals surface area contributed by atoms with E-state index < -0.39 is 8.32 Å². The molecule has 0 fully saturated rings. The standard InChI is InChI=1S/C9H16N2O2Si/c1-14(2,3)13-5-4-11-6-9(7-12)10-8-11/h6-8H,4-5H2,1-3H3. The summed E-state index contributed by atoms with van der Waals surface area (Å²) in [4.78, 5) is 14.3. The maximum absolute atomic E-state index is 10.4. The van der Waals surface area contributed by atoms with Gasteiger partial charge in [0.2, 0.25) is 0 Å². The van der Waals surface area contributed by atoms with Gasteiger partial charge in [-0.05, 0) is 19.6 Å². The van der Waals surface area contributed by atoms with Crippen molar-refractivity contribution in [2.24, 2.45) is 0 Å². The molecule has 0 aliphatic heterocycles. The second kappa shape index (κ2) is 4.52. The quantitative estimate of drug-likeness (QED) is 0.549. The summed E-state index contributed by atoms with van der Waals surface area (Å²) in [6.45, 7) is 7.89. The zero-order chi connectivity index (χ0) is 10.6. The smallest absolute Gasteiger partial charge is 0.183 e. The van der Waals surface area contributed by atoms with Crippen molar-refractivity contribution in [3.63, 3.8) is 0 Å². The molecule has 0 aliphatic rings. The minimum absolute atomic E-state index is 0.470. The molecule has 78 valence electrons. The molecular weight excluding hydrogens is 196 g/mol. The van der Waals surface area contributed by atoms with Crippen LogP contribution in [-0.2, 0) is 11.0 Å². The van der Waals surface area contributed by atoms with E-state index in [1.807, 2.05) is 4.57 Å². The molecule has 0 spiro atoms. The SMILES string of the molecule is C[Si](C)(C)OCCn1cnc(C=O)c1. The Hall–Kier alpha value is -0.943. The normalized spacial score (nSPS) is 11.6. The second-order valence-electron chi connectivity index (χ2n) is 4.12. The van der Waals surface area contributed by atoms with Crippen LogP contribution in [0.1, 0.15) is 10.5 Å². The van der Waals surface area contributed by atoms with Crippen LogP contribution < -0.4 is 0 Å². The first-order valence-corrected chi connectivity index (χ1v) is 8.03. The summed E-state index contributed by atoms with van der Waals surface area (Å²) >= 11 is 0. The Morgan fingerprint density at radius 1 is 1.57 bits per heavy atom. The molecule has 5 heteroatoms. The number of carbonyl (C=O) groups is 1. The molecule has 0 saturated carbocycles. The lowest BCUT2D eigenvalue weighted by Crippen LogP contribution is -2.27. The third kappa shape index (κ3) is 3.84. The molecule has 0 N–H and O–H groups in total. The van der Waals surface area contributed by atoms with Crippen molar-refractivity contribution >= 4 is 14.6 Å². The molecule has 1 rings (SSSR count). The molecule has 0 radical (unpaired) electrons. The molecular formula is C9H16N2O2Si. The van der Waals surface area contributed by atoms with Crippen LogP contribution in [0.3, 0.4) is 0 Å². The first kappa shape index (κ1) is 11.1. The number of hydrogen-bond donors (Lipinski definition) is 0. The number of aldehydes is 1. The average Bonchev–Trinajstić information content (AvgIpc) is 2.50. The number of aromatic nitrogens is 2. The highest BCUT2D eigenvalue weighted by Crippen LogP contribution is 2.02. The van der Waals surface area contributed by atoms with Gasteiger partial charge in [0, 0.05) is 12.7 Å². The summed E-state index contributed by atoms with van der Waals surface area (Å²) in [5.74, 6) is 0. The molecule has 0 aliphatic carbocycles. The molecule has 0 saturated heterocycles. The maximum atomic E-state index is 10.4. The molecule has 14 heavy (non-hydrogen) atoms. The van der Waals surface area contributed by atoms with E-state index in [0.717, 1.165) is 12.8 Å². The molecule has 0 amide bonds. The van der Waals surface area contributed by atoms with E-state index in [0.29, 0.717) is 12.3 Å². The number of carbonyl (C=O) groups excluding carboxylic acids is 1. The fraction of sp³-hybridized carbons (Fsp3) is 0.556. The van der Waals surface area contributed by atoms with Gasteiger partial charge in [0.25, 0.3) is 0 Å². The van der Waals surface area contributed by atoms with Crippen LogP contribution in [0.5, 0.6) is 0 Å². The fourth-order valence-electron chi connectivity index (χ4n) is 1.02. The largest absolute Gasteiger partial charge is 0.416 e. The monoisotopic (exact) mass is 212 g/mol. The maximum Gasteiger partial charge on any atom is 0.183 e. The van der Waals surface area contributed by atoms with Gasteiger partial charge in [-0.15, -0.1) is 0 Å². The molecule has 0 unspecified atom stereocenters. The highest BCUT2D eigenvalue weighted by Gasteiger charge is 2.13. The lowest BCUT2D eigenvalue weighted by molar-refractivity contribution is 0.111. The number of hydrogen-bond acceptors (Lipinski definition) is 3. The molecule has 0 atom stereocenters. The molecule has 1 aromatic rings. The molecule has 1 aromatic heterocycles. The summed E-state index contributed by atoms with van der Waals surface area (Å²) in [5.41, 5.74) is 0.470. The van der Waals surface area contributed by atoms with E-state index in [-0.39, 0.29) is 0 Å². The fourth-order valence-corrected chi connectivity index (χ4v) is 1.72. The van der Waals surface area contributed by atoms with Crippen LogP contribution in [0.25, 0.3) is 0 Å². The molecule has 0 bridgehead atoms. The third-order valence-electron chi connectivity index (χ3n) is 1.66. The Bertz CT molecular complexity index is 304. The van der Waals surface area contributed by atoms with Crippen molar-refractivity contribution in [1.82, 2.24) is 9.55 Å². The van der Waals surface area contributed by atoms with Gasteiger partial charge in [-0.3, -0.25) is 4.79 Å². The van der Waals surface area contributed by atoms with Crippen LogP contribution in [0.2, 0.25) is 19.6 Å². The van der Waals surface area contributed by atoms with Gasteiger partial charge in [-0.2, -0.15) is 0 Å². The highest BCUT2D eigenvalue weighted by molar-refractivity contribution is 6.69. The number of nitrogens with zero attached hydrogens (tertiary/aromatic N) is 2. The van der Waals surface area contributed by atoms with Gasteiger partial charge in [-0.25, -0.2) is 4.98 Å². The van der Waals surface area contributed by atoms with Crippen molar-refractivity contribution in [3.05, 3.63) is 18.2 Å². The van der Waals surface area contributed by atoms with E-state index in [2.05, 4.69) is 24.6 Å². The van der Waals surface area contributed by atoms with Gasteiger partial charge in [-0.1, -0.05) is 0 Å². The Morgan fingerprint density at radius 2 is 2.29 bits per heavy atom. The predicted molar refractivity (Wildman–Crippen MR) is 56.9 cm³/mol. The van der Waals surface area contributed by atoms with E-state index in [4.69, 9.17) is 4.43 Å². The van der Waals surface area contributed by atoms with Crippen LogP contribution >= 0.6 is 0 Å². The Labute approximate surface area is 85.0 Å². The average molecular weight is 212 g/mol. The van der Waals surface area contributed by atoms with E-state index in [9.17, 15) is 4.79 Å². The van der Waals surface area contributed by atoms with Crippen molar-refractivity contribution < 1.29 is 9.22 Å². The molecule has 0 aromatic carbocycles. The molecule has 1 heterocycles. The zero-order valence-corrected chi connectivity index (χ0v) is 9.86. The first-order valence-electron chi connectivity index (χ1n) is 4.62. The minimum Gasteiger partial charge on any atom is -0.416 e. The number of imidazole rings is 1. The van der Waals surface area contributed by atoms with Crippen molar-refractivity contribution in [3.8, 4) is 0 Å². The van der Waals surface area contributed by atoms with Crippen molar-refractivity contribution in [2.75, 3.05) is 6.61 Å². The summed E-state index contributed by atoms with van der Waals surface area (Å²) in [6, 6.07) is 0. The van der Waals surface area contributed by atoms with Crippen LogP contribution in [0, 0.1) is 0 Å². The summed E-state index contributed by atoms with van der Waals surface area (Å²) in [5, 5.41) is 0. The lowest BCUT2D eigenvalue weighted by atomic mass is 10.5. The predicted octanol–water partition coefficient (Wildman–Crippen LogP) is 1.55. The summed E-state index contributed by atoms with van der Waals surface area (Å²) in [6.07, 6.45) is 4.12. The van der Waals surface area contributed by atoms with Gasteiger partial charge in [0.05, 0.1) is 12.9 Å². The van der Waals surface area contributed by atoms with Crippen LogP contribution in [-0.4, -0.2) is 30.8 Å². The minimum atomic E-state index is -1.42. The second-order valence-corrected chi connectivity index (χ2v) is 8.63. The Kier molecular flexibility index (Phi) is 3.60. The van der Waals surface area contributed by atoms with E-state index in [1.165, 1.54) is 0 Å². The number of rotatable bonds is 5. The van der Waals surface area contributed by atoms with E-state index >= 15 is 0 Å². The highest BCUT2D eigenvalue weighted by atomic mass is 28.4. The summed E-state index contributed by atoms with van der Waals surface area (Å²) < 4.78 is 7.54. The summed E-state index contributed by atoms with van der Waals surface area (Å²) in [7, 11) is -1.42. The zero-order valence-electron chi connectivity index (χ0n) is 8.86. The van der Waals surface area contributed by atoms with Crippen molar-refractivity contribution in [2.45, 2.75) is 26.2 Å². The topological polar surface area (TPSA) is 44.1 Å². The van der Waals surface area contributed by atoms with Gasteiger partial charge in [0.1, 0.15) is 5.69 Å². The van der Waals surface area contributed by atoms with Gasteiger partial charge < -0.3 is 8.99 Å². The third-order valence-corrected chi connectivity index (χ3v) is 2.73. The molecule has 4 nitrogen and oxygen atoms in total. The van der Waals surface area contributed by atoms with Crippen LogP contribution in [0.4, 0.5) is 0 Å². The Morgan fingerprint density at radius 3 is 2.79 bits per heavy atom. The van der Waals surface area contributed by atoms with E-state index in [1.54, 1.807) is 12.5 Å². The van der Waals surface area contributed by atoms with Gasteiger partial charge >= 0.3 is 0 Å². The van der Waals surface area contributed by atoms with Crippen LogP contribution in [0.15, 0.2) is 12.5 Å². The van der Waals surface area contributed by atoms with Gasteiger partial charge in [0.15, 0.2) is 14.6 Å². The Balaban J connectivity index is 2.35. The van der Waals surface area contributed by atoms with Crippen molar-refractivity contribution in [1.29, 1.82) is 0 Å².